The summed E-state index contributed by atoms with van der Waals surface area (Å²) in [5.74, 6) is 61.1. The Bertz CT molecular complexity index is 2030. The van der Waals surface area contributed by atoms with Crippen molar-refractivity contribution in [1.29, 1.82) is 0 Å². The molecule has 1 aromatic rings. The first-order valence-corrected chi connectivity index (χ1v) is 10.0. The minimum absolute atomic E-state index is 0.204. The highest BCUT2D eigenvalue weighted by Gasteiger charge is 2.16. The van der Waals surface area contributed by atoms with Crippen LogP contribution >= 0.6 is 0 Å². The van der Waals surface area contributed by atoms with E-state index in [0.29, 0.717) is 0 Å². The van der Waals surface area contributed by atoms with Gasteiger partial charge >= 0.3 is 5.97 Å². The minimum atomic E-state index is -1.10. The van der Waals surface area contributed by atoms with Crippen LogP contribution in [0.25, 0.3) is 0 Å². The largest absolute Gasteiger partial charge is 0.393 e. The molecule has 1 aromatic carbocycles. The molecule has 0 radical (unpaired) electrons. The SMILES string of the molecule is C#CC#CC#CC#CC#CC#CC#CC#CC#CC#CC#CC#CC#CC#COC(=O)C(=O)c1ccccc1. The molecule has 168 valence electrons. The van der Waals surface area contributed by atoms with E-state index in [1.165, 1.54) is 12.1 Å². The van der Waals surface area contributed by atoms with E-state index in [4.69, 9.17) is 6.42 Å². The molecule has 0 atom stereocenters. The van der Waals surface area contributed by atoms with Crippen molar-refractivity contribution in [3.8, 4) is 166 Å². The van der Waals surface area contributed by atoms with Crippen LogP contribution < -0.4 is 0 Å². The zero-order valence-electron chi connectivity index (χ0n) is 19.7. The summed E-state index contributed by atoms with van der Waals surface area (Å²) in [7, 11) is 0. The van der Waals surface area contributed by atoms with Gasteiger partial charge in [-0.1, -0.05) is 30.3 Å². The predicted octanol–water partition coefficient (Wildman–Crippen LogP) is 1.05. The summed E-state index contributed by atoms with van der Waals surface area (Å²) in [5, 5.41) is 0. The molecular weight excluding hydrogens is 480 g/mol. The van der Waals surface area contributed by atoms with E-state index >= 15 is 0 Å². The molecule has 0 heterocycles. The molecule has 1 rings (SSSR count). The van der Waals surface area contributed by atoms with Crippen molar-refractivity contribution in [2.75, 3.05) is 0 Å². The maximum absolute atomic E-state index is 11.8. The maximum atomic E-state index is 11.8. The van der Waals surface area contributed by atoms with Gasteiger partial charge in [0.05, 0.1) is 0 Å². The first kappa shape index (κ1) is 29.2. The van der Waals surface area contributed by atoms with E-state index in [-0.39, 0.29) is 5.56 Å². The second kappa shape index (κ2) is 22.0. The second-order valence-electron chi connectivity index (χ2n) is 5.46. The van der Waals surface area contributed by atoms with Crippen molar-refractivity contribution >= 4 is 11.8 Å². The fourth-order valence-corrected chi connectivity index (χ4v) is 1.61. The number of carbonyl (C=O) groups is 2. The number of esters is 1. The van der Waals surface area contributed by atoms with Gasteiger partial charge in [-0.05, 0) is 47.4 Å². The zero-order valence-corrected chi connectivity index (χ0v) is 19.7. The van der Waals surface area contributed by atoms with Crippen LogP contribution in [0, 0.1) is 166 Å². The van der Waals surface area contributed by atoms with Gasteiger partial charge in [-0.15, -0.1) is 6.42 Å². The Morgan fingerprint density at radius 3 is 1.10 bits per heavy atom. The Labute approximate surface area is 228 Å². The molecule has 3 heteroatoms. The van der Waals surface area contributed by atoms with E-state index in [9.17, 15) is 9.59 Å². The fourth-order valence-electron chi connectivity index (χ4n) is 1.61. The summed E-state index contributed by atoms with van der Waals surface area (Å²) < 4.78 is 4.51. The Hall–Kier alpha value is -7.80. The number of ketones is 1. The first-order valence-electron chi connectivity index (χ1n) is 10.0. The lowest BCUT2D eigenvalue weighted by atomic mass is 10.1. The number of hydrogen-bond donors (Lipinski definition) is 0. The molecule has 0 amide bonds. The quantitative estimate of drug-likeness (QED) is 0.272. The summed E-state index contributed by atoms with van der Waals surface area (Å²) >= 11 is 0. The molecule has 0 N–H and O–H groups in total. The van der Waals surface area contributed by atoms with Crippen LogP contribution in [0.15, 0.2) is 30.3 Å². The van der Waals surface area contributed by atoms with Crippen LogP contribution in [0.3, 0.4) is 0 Å². The monoisotopic (exact) mass is 486 g/mol. The molecule has 39 heavy (non-hydrogen) atoms. The summed E-state index contributed by atoms with van der Waals surface area (Å²) in [4.78, 5) is 23.3. The average Bonchev–Trinajstić information content (AvgIpc) is 2.96. The average molecular weight is 486 g/mol. The fraction of sp³-hybridized carbons (Fsp3) is 0. The van der Waals surface area contributed by atoms with Crippen molar-refractivity contribution in [3.63, 3.8) is 0 Å². The van der Waals surface area contributed by atoms with E-state index < -0.39 is 11.8 Å². The van der Waals surface area contributed by atoms with Crippen LogP contribution in [0.4, 0.5) is 0 Å². The third-order valence-electron chi connectivity index (χ3n) is 2.99. The second-order valence-corrected chi connectivity index (χ2v) is 5.46. The lowest BCUT2D eigenvalue weighted by Gasteiger charge is -1.95. The number of carbonyl (C=O) groups excluding carboxylic acids is 2. The molecule has 0 aliphatic heterocycles. The first-order chi connectivity index (χ1) is 19.3. The Kier molecular flexibility index (Phi) is 16.5. The lowest BCUT2D eigenvalue weighted by Crippen LogP contribution is -2.15. The van der Waals surface area contributed by atoms with Gasteiger partial charge in [0.15, 0.2) is 0 Å². The topological polar surface area (TPSA) is 43.4 Å². The van der Waals surface area contributed by atoms with Crippen molar-refractivity contribution in [2.24, 2.45) is 0 Å². The Balaban J connectivity index is 2.41. The van der Waals surface area contributed by atoms with E-state index in [1.807, 2.05) is 6.11 Å². The van der Waals surface area contributed by atoms with Gasteiger partial charge in [0.2, 0.25) is 0 Å². The standard InChI is InChI=1S/C36H6O3/c1-2-3-4-5-6-7-8-9-10-11-12-13-14-15-16-17-18-19-20-21-22-23-24-25-26-30-33-39-36(38)35(37)34-31-28-27-29-32-34/h1,27-29,31-32H. The summed E-state index contributed by atoms with van der Waals surface area (Å²) in [6.45, 7) is 0. The van der Waals surface area contributed by atoms with E-state index in [0.717, 1.165) is 0 Å². The summed E-state index contributed by atoms with van der Waals surface area (Å²) in [5.41, 5.74) is 0.204. The molecule has 0 unspecified atom stereocenters. The molecule has 3 nitrogen and oxygen atoms in total. The van der Waals surface area contributed by atoms with Crippen molar-refractivity contribution < 1.29 is 14.3 Å². The normalized spacial score (nSPS) is 5.51. The van der Waals surface area contributed by atoms with Gasteiger partial charge in [-0.2, -0.15) is 0 Å². The highest BCUT2D eigenvalue weighted by Crippen LogP contribution is 2.00. The smallest absolute Gasteiger partial charge is 0.365 e. The summed E-state index contributed by atoms with van der Waals surface area (Å²) in [6.07, 6.45) is 6.95. The molecule has 0 fully saturated rings. The van der Waals surface area contributed by atoms with Crippen LogP contribution in [0.2, 0.25) is 0 Å². The molecule has 0 saturated heterocycles. The third kappa shape index (κ3) is 17.4. The molecule has 0 aliphatic carbocycles. The van der Waals surface area contributed by atoms with Gasteiger partial charge in [-0.3, -0.25) is 4.79 Å². The number of hydrogen-bond acceptors (Lipinski definition) is 3. The number of benzene rings is 1. The molecule has 0 aromatic heterocycles. The van der Waals surface area contributed by atoms with E-state index in [1.54, 1.807) is 18.2 Å². The number of rotatable bonds is 2. The van der Waals surface area contributed by atoms with Gasteiger partial charge in [0, 0.05) is 112 Å². The molecule has 0 aliphatic rings. The Morgan fingerprint density at radius 2 is 0.769 bits per heavy atom. The Morgan fingerprint density at radius 1 is 0.462 bits per heavy atom. The van der Waals surface area contributed by atoms with Crippen LogP contribution in [-0.2, 0) is 9.53 Å². The molecular formula is C36H6O3. The predicted molar refractivity (Wildman–Crippen MR) is 147 cm³/mol. The zero-order chi connectivity index (χ0) is 28.1. The number of ether oxygens (including phenoxy) is 1. The van der Waals surface area contributed by atoms with Crippen LogP contribution in [0.1, 0.15) is 10.4 Å². The van der Waals surface area contributed by atoms with Crippen LogP contribution in [0.5, 0.6) is 0 Å². The van der Waals surface area contributed by atoms with Gasteiger partial charge < -0.3 is 4.74 Å². The molecule has 0 bridgehead atoms. The van der Waals surface area contributed by atoms with Crippen LogP contribution in [-0.4, -0.2) is 11.8 Å². The van der Waals surface area contributed by atoms with Gasteiger partial charge in [-0.25, -0.2) is 4.79 Å². The minimum Gasteiger partial charge on any atom is -0.365 e. The summed E-state index contributed by atoms with van der Waals surface area (Å²) in [6, 6.07) is 7.96. The lowest BCUT2D eigenvalue weighted by molar-refractivity contribution is -0.131. The third-order valence-corrected chi connectivity index (χ3v) is 2.99. The van der Waals surface area contributed by atoms with Gasteiger partial charge in [0.1, 0.15) is 6.11 Å². The van der Waals surface area contributed by atoms with Crippen molar-refractivity contribution in [1.82, 2.24) is 0 Å². The highest BCUT2D eigenvalue weighted by molar-refractivity contribution is 6.40. The van der Waals surface area contributed by atoms with E-state index in [2.05, 4.69) is 159 Å². The maximum Gasteiger partial charge on any atom is 0.393 e. The van der Waals surface area contributed by atoms with Crippen molar-refractivity contribution in [2.45, 2.75) is 0 Å². The highest BCUT2D eigenvalue weighted by atomic mass is 16.5. The van der Waals surface area contributed by atoms with Gasteiger partial charge in [0.25, 0.3) is 5.78 Å². The van der Waals surface area contributed by atoms with Crippen molar-refractivity contribution in [3.05, 3.63) is 35.9 Å². The number of terminal acetylenes is 1. The molecule has 0 spiro atoms. The molecule has 0 saturated carbocycles. The number of Topliss-reactive ketones (excluding diaryl/α,β-unsaturated/α-hetero) is 1.